The standard InChI is InChI=1S/C12H17NO5S2/c1-2-10-8(3-4-18-10)6-13-20(16,17)9-5-11(12(14)15)19-7-9/h5,7-8,10,13H,2-4,6H2,1H3,(H,14,15). The highest BCUT2D eigenvalue weighted by molar-refractivity contribution is 7.89. The molecule has 2 rings (SSSR count). The highest BCUT2D eigenvalue weighted by Gasteiger charge is 2.28. The minimum Gasteiger partial charge on any atom is -0.477 e. The Morgan fingerprint density at radius 1 is 1.60 bits per heavy atom. The van der Waals surface area contributed by atoms with Gasteiger partial charge in [0.1, 0.15) is 4.88 Å². The minimum atomic E-state index is -3.65. The molecule has 0 saturated carbocycles. The number of thiophene rings is 1. The second kappa shape index (κ2) is 6.21. The topological polar surface area (TPSA) is 92.7 Å². The largest absolute Gasteiger partial charge is 0.477 e. The van der Waals surface area contributed by atoms with Crippen LogP contribution in [0.2, 0.25) is 0 Å². The second-order valence-electron chi connectivity index (χ2n) is 4.67. The van der Waals surface area contributed by atoms with Crippen LogP contribution in [0.3, 0.4) is 0 Å². The van der Waals surface area contributed by atoms with E-state index in [1.165, 1.54) is 11.4 Å². The van der Waals surface area contributed by atoms with Crippen LogP contribution in [0, 0.1) is 5.92 Å². The number of carboxylic acids is 1. The van der Waals surface area contributed by atoms with Crippen molar-refractivity contribution in [2.24, 2.45) is 5.92 Å². The summed E-state index contributed by atoms with van der Waals surface area (Å²) in [5.74, 6) is -0.945. The van der Waals surface area contributed by atoms with Gasteiger partial charge >= 0.3 is 5.97 Å². The van der Waals surface area contributed by atoms with Crippen LogP contribution in [0.25, 0.3) is 0 Å². The van der Waals surface area contributed by atoms with Crippen LogP contribution >= 0.6 is 11.3 Å². The Balaban J connectivity index is 2.01. The van der Waals surface area contributed by atoms with Gasteiger partial charge in [0.2, 0.25) is 10.0 Å². The molecule has 0 aliphatic carbocycles. The van der Waals surface area contributed by atoms with Crippen molar-refractivity contribution in [2.75, 3.05) is 13.2 Å². The first-order valence-electron chi connectivity index (χ1n) is 6.37. The van der Waals surface area contributed by atoms with Gasteiger partial charge in [0.15, 0.2) is 0 Å². The van der Waals surface area contributed by atoms with Crippen molar-refractivity contribution in [3.63, 3.8) is 0 Å². The summed E-state index contributed by atoms with van der Waals surface area (Å²) < 4.78 is 32.2. The number of carbonyl (C=O) groups is 1. The first-order valence-corrected chi connectivity index (χ1v) is 8.73. The van der Waals surface area contributed by atoms with Crippen LogP contribution in [0.4, 0.5) is 0 Å². The Hall–Kier alpha value is -0.960. The molecule has 1 aromatic rings. The third kappa shape index (κ3) is 3.38. The Bertz CT molecular complexity index is 580. The third-order valence-electron chi connectivity index (χ3n) is 3.38. The molecule has 8 heteroatoms. The molecule has 20 heavy (non-hydrogen) atoms. The van der Waals surface area contributed by atoms with E-state index in [2.05, 4.69) is 4.72 Å². The molecule has 2 unspecified atom stereocenters. The lowest BCUT2D eigenvalue weighted by Gasteiger charge is -2.16. The smallest absolute Gasteiger partial charge is 0.345 e. The molecule has 0 aromatic carbocycles. The quantitative estimate of drug-likeness (QED) is 0.829. The van der Waals surface area contributed by atoms with Gasteiger partial charge in [0.05, 0.1) is 11.0 Å². The Kier molecular flexibility index (Phi) is 4.79. The molecule has 0 spiro atoms. The van der Waals surface area contributed by atoms with Gasteiger partial charge in [-0.1, -0.05) is 6.92 Å². The van der Waals surface area contributed by atoms with Gasteiger partial charge in [-0.25, -0.2) is 17.9 Å². The molecule has 2 N–H and O–H groups in total. The number of aromatic carboxylic acids is 1. The maximum atomic E-state index is 12.1. The van der Waals surface area contributed by atoms with E-state index in [-0.39, 0.29) is 21.8 Å². The number of hydrogen-bond acceptors (Lipinski definition) is 5. The predicted molar refractivity (Wildman–Crippen MR) is 74.6 cm³/mol. The normalized spacial score (nSPS) is 23.1. The molecule has 0 amide bonds. The molecule has 0 bridgehead atoms. The number of hydrogen-bond donors (Lipinski definition) is 2. The number of carboxylic acid groups (broad SMARTS) is 1. The molecule has 112 valence electrons. The number of nitrogens with one attached hydrogen (secondary N) is 1. The lowest BCUT2D eigenvalue weighted by atomic mass is 10.0. The lowest BCUT2D eigenvalue weighted by Crippen LogP contribution is -2.32. The molecule has 1 fully saturated rings. The fourth-order valence-electron chi connectivity index (χ4n) is 2.25. The summed E-state index contributed by atoms with van der Waals surface area (Å²) in [4.78, 5) is 10.8. The fourth-order valence-corrected chi connectivity index (χ4v) is 4.46. The van der Waals surface area contributed by atoms with Crippen LogP contribution in [-0.4, -0.2) is 38.7 Å². The van der Waals surface area contributed by atoms with Gasteiger partial charge in [-0.05, 0) is 18.9 Å². The Morgan fingerprint density at radius 3 is 2.95 bits per heavy atom. The van der Waals surface area contributed by atoms with E-state index in [0.717, 1.165) is 24.2 Å². The summed E-state index contributed by atoms with van der Waals surface area (Å²) in [6.07, 6.45) is 1.79. The molecular weight excluding hydrogens is 302 g/mol. The van der Waals surface area contributed by atoms with Crippen molar-refractivity contribution in [1.29, 1.82) is 0 Å². The molecule has 2 atom stereocenters. The Morgan fingerprint density at radius 2 is 2.35 bits per heavy atom. The third-order valence-corrected chi connectivity index (χ3v) is 5.85. The summed E-state index contributed by atoms with van der Waals surface area (Å²) in [5.41, 5.74) is 0. The van der Waals surface area contributed by atoms with Crippen molar-refractivity contribution in [3.05, 3.63) is 16.3 Å². The molecular formula is C12H17NO5S2. The fraction of sp³-hybridized carbons (Fsp3) is 0.583. The van der Waals surface area contributed by atoms with E-state index < -0.39 is 16.0 Å². The van der Waals surface area contributed by atoms with Gasteiger partial charge < -0.3 is 9.84 Å². The molecule has 2 heterocycles. The summed E-state index contributed by atoms with van der Waals surface area (Å²) in [6, 6.07) is 1.18. The van der Waals surface area contributed by atoms with Crippen LogP contribution in [0.1, 0.15) is 29.4 Å². The number of sulfonamides is 1. The van der Waals surface area contributed by atoms with E-state index in [4.69, 9.17) is 9.84 Å². The first kappa shape index (κ1) is 15.4. The Labute approximate surface area is 121 Å². The summed E-state index contributed by atoms with van der Waals surface area (Å²) >= 11 is 0.904. The highest BCUT2D eigenvalue weighted by Crippen LogP contribution is 2.24. The monoisotopic (exact) mass is 319 g/mol. The predicted octanol–water partition coefficient (Wildman–Crippen LogP) is 1.54. The highest BCUT2D eigenvalue weighted by atomic mass is 32.2. The van der Waals surface area contributed by atoms with E-state index in [0.29, 0.717) is 13.2 Å². The molecule has 1 saturated heterocycles. The maximum absolute atomic E-state index is 12.1. The summed E-state index contributed by atoms with van der Waals surface area (Å²) in [5, 5.41) is 10.2. The number of rotatable bonds is 6. The molecule has 1 aliphatic heterocycles. The molecule has 6 nitrogen and oxygen atoms in total. The average Bonchev–Trinajstić information content (AvgIpc) is 3.05. The van der Waals surface area contributed by atoms with Crippen LogP contribution in [0.15, 0.2) is 16.3 Å². The summed E-state index contributed by atoms with van der Waals surface area (Å²) in [7, 11) is -3.65. The van der Waals surface area contributed by atoms with Crippen LogP contribution < -0.4 is 4.72 Å². The molecule has 1 aromatic heterocycles. The zero-order valence-electron chi connectivity index (χ0n) is 11.0. The SMILES string of the molecule is CCC1OCCC1CNS(=O)(=O)c1csc(C(=O)O)c1. The zero-order chi connectivity index (χ0) is 14.8. The van der Waals surface area contributed by atoms with Crippen LogP contribution in [0.5, 0.6) is 0 Å². The second-order valence-corrected chi connectivity index (χ2v) is 7.35. The van der Waals surface area contributed by atoms with Gasteiger partial charge in [-0.2, -0.15) is 0 Å². The number of ether oxygens (including phenoxy) is 1. The minimum absolute atomic E-state index is 0.00636. The average molecular weight is 319 g/mol. The van der Waals surface area contributed by atoms with Gasteiger partial charge in [-0.3, -0.25) is 0 Å². The zero-order valence-corrected chi connectivity index (χ0v) is 12.7. The molecule has 0 radical (unpaired) electrons. The van der Waals surface area contributed by atoms with E-state index in [9.17, 15) is 13.2 Å². The van der Waals surface area contributed by atoms with Crippen molar-refractivity contribution in [1.82, 2.24) is 4.72 Å². The van der Waals surface area contributed by atoms with E-state index in [1.54, 1.807) is 0 Å². The van der Waals surface area contributed by atoms with Crippen molar-refractivity contribution < 1.29 is 23.1 Å². The van der Waals surface area contributed by atoms with Gasteiger partial charge in [0.25, 0.3) is 0 Å². The summed E-state index contributed by atoms with van der Waals surface area (Å²) in [6.45, 7) is 2.99. The van der Waals surface area contributed by atoms with Crippen molar-refractivity contribution in [3.8, 4) is 0 Å². The first-order chi connectivity index (χ1) is 9.44. The van der Waals surface area contributed by atoms with Gasteiger partial charge in [-0.15, -0.1) is 11.3 Å². The van der Waals surface area contributed by atoms with E-state index in [1.807, 2.05) is 6.92 Å². The van der Waals surface area contributed by atoms with E-state index >= 15 is 0 Å². The lowest BCUT2D eigenvalue weighted by molar-refractivity contribution is 0.0702. The van der Waals surface area contributed by atoms with Crippen molar-refractivity contribution in [2.45, 2.75) is 30.8 Å². The maximum Gasteiger partial charge on any atom is 0.345 e. The van der Waals surface area contributed by atoms with Crippen molar-refractivity contribution >= 4 is 27.3 Å². The van der Waals surface area contributed by atoms with Crippen LogP contribution in [-0.2, 0) is 14.8 Å². The molecule has 1 aliphatic rings. The van der Waals surface area contributed by atoms with Gasteiger partial charge in [0, 0.05) is 24.4 Å².